The molecule has 1 aromatic carbocycles. The Kier molecular flexibility index (Phi) is 2.45. The molecule has 0 amide bonds. The highest BCUT2D eigenvalue weighted by atomic mass is 16.5. The summed E-state index contributed by atoms with van der Waals surface area (Å²) in [6.07, 6.45) is 1.56. The molecule has 3 nitrogen and oxygen atoms in total. The third-order valence-corrected chi connectivity index (χ3v) is 2.64. The number of hydrogen-bond donors (Lipinski definition) is 1. The van der Waals surface area contributed by atoms with Crippen molar-refractivity contribution in [3.63, 3.8) is 0 Å². The summed E-state index contributed by atoms with van der Waals surface area (Å²) < 4.78 is 45.5. The van der Waals surface area contributed by atoms with Crippen LogP contribution in [0.3, 0.4) is 0 Å². The first kappa shape index (κ1) is 7.67. The van der Waals surface area contributed by atoms with Crippen molar-refractivity contribution in [3.05, 3.63) is 65.9 Å². The highest BCUT2D eigenvalue weighted by Gasteiger charge is 2.30. The van der Waals surface area contributed by atoms with E-state index in [1.54, 1.807) is 31.3 Å². The lowest BCUT2D eigenvalue weighted by atomic mass is 9.91. The number of nitrogens with zero attached hydrogens (tertiary/aromatic N) is 1. The van der Waals surface area contributed by atoms with E-state index in [4.69, 9.17) is 17.3 Å². The summed E-state index contributed by atoms with van der Waals surface area (Å²) in [4.78, 5) is 4.24. The van der Waals surface area contributed by atoms with Crippen LogP contribution in [0.25, 0.3) is 0 Å². The molecule has 18 heavy (non-hydrogen) atoms. The first-order valence-electron chi connectivity index (χ1n) is 8.17. The average molecular weight is 247 g/mol. The van der Waals surface area contributed by atoms with Gasteiger partial charge >= 0.3 is 0 Å². The molecule has 94 valence electrons. The smallest absolute Gasteiger partial charge is 0.132 e. The van der Waals surface area contributed by atoms with Crippen LogP contribution >= 0.6 is 0 Å². The SMILES string of the molecule is [2H]c1c([2H])c([2H])c(C(C)(OCCN)c2ccccn2)c([2H])c1[2H]. The lowest BCUT2D eigenvalue weighted by molar-refractivity contribution is -0.00252. The van der Waals surface area contributed by atoms with Gasteiger partial charge in [-0.25, -0.2) is 0 Å². The van der Waals surface area contributed by atoms with Crippen LogP contribution in [0.2, 0.25) is 0 Å². The third-order valence-electron chi connectivity index (χ3n) is 2.64. The van der Waals surface area contributed by atoms with Gasteiger partial charge in [-0.1, -0.05) is 36.3 Å². The van der Waals surface area contributed by atoms with Gasteiger partial charge in [0.2, 0.25) is 0 Å². The van der Waals surface area contributed by atoms with E-state index in [1.165, 1.54) is 0 Å². The van der Waals surface area contributed by atoms with E-state index in [-0.39, 0.29) is 30.8 Å². The van der Waals surface area contributed by atoms with Gasteiger partial charge in [0.1, 0.15) is 5.60 Å². The molecule has 2 aromatic rings. The molecule has 0 bridgehead atoms. The second-order valence-electron chi connectivity index (χ2n) is 3.89. The zero-order valence-electron chi connectivity index (χ0n) is 15.2. The molecule has 0 aliphatic rings. The molecule has 1 atom stereocenters. The summed E-state index contributed by atoms with van der Waals surface area (Å²) in [5.41, 5.74) is 4.71. The number of benzene rings is 1. The fourth-order valence-corrected chi connectivity index (χ4v) is 1.67. The van der Waals surface area contributed by atoms with Crippen molar-refractivity contribution >= 4 is 0 Å². The Labute approximate surface area is 115 Å². The monoisotopic (exact) mass is 247 g/mol. The molecular weight excluding hydrogens is 224 g/mol. The summed E-state index contributed by atoms with van der Waals surface area (Å²) >= 11 is 0. The van der Waals surface area contributed by atoms with Crippen molar-refractivity contribution in [2.24, 2.45) is 5.73 Å². The van der Waals surface area contributed by atoms with Gasteiger partial charge < -0.3 is 10.5 Å². The van der Waals surface area contributed by atoms with Crippen molar-refractivity contribution in [1.29, 1.82) is 0 Å². The number of nitrogens with two attached hydrogens (primary N) is 1. The molecule has 0 saturated carbocycles. The summed E-state index contributed by atoms with van der Waals surface area (Å²) in [6.45, 7) is 2.04. The fourth-order valence-electron chi connectivity index (χ4n) is 1.67. The minimum atomic E-state index is -1.30. The maximum Gasteiger partial charge on any atom is 0.132 e. The van der Waals surface area contributed by atoms with Gasteiger partial charge in [-0.05, 0) is 24.6 Å². The molecular formula is C15H18N2O. The first-order valence-corrected chi connectivity index (χ1v) is 5.67. The molecule has 0 saturated heterocycles. The molecule has 1 heterocycles. The summed E-state index contributed by atoms with van der Waals surface area (Å²) in [6, 6.07) is 3.32. The van der Waals surface area contributed by atoms with Crippen LogP contribution in [0.15, 0.2) is 54.6 Å². The van der Waals surface area contributed by atoms with E-state index in [0.29, 0.717) is 5.69 Å². The number of rotatable bonds is 5. The standard InChI is InChI=1S/C15H18N2O/c1-15(18-12-10-16,13-7-3-2-4-8-13)14-9-5-6-11-17-14/h2-9,11H,10,12,16H2,1H3/i2D,3D,4D,7D,8D. The van der Waals surface area contributed by atoms with Gasteiger partial charge in [-0.2, -0.15) is 0 Å². The number of pyridine rings is 1. The van der Waals surface area contributed by atoms with Gasteiger partial charge in [0.05, 0.1) is 19.2 Å². The number of hydrogen-bond acceptors (Lipinski definition) is 3. The molecule has 1 unspecified atom stereocenters. The summed E-state index contributed by atoms with van der Waals surface area (Å²) in [7, 11) is 0. The maximum absolute atomic E-state index is 8.16. The predicted molar refractivity (Wildman–Crippen MR) is 72.1 cm³/mol. The fraction of sp³-hybridized carbons (Fsp3) is 0.267. The lowest BCUT2D eigenvalue weighted by Gasteiger charge is -2.29. The topological polar surface area (TPSA) is 48.1 Å². The molecule has 3 heteroatoms. The highest BCUT2D eigenvalue weighted by molar-refractivity contribution is 5.31. The molecule has 2 rings (SSSR count). The van der Waals surface area contributed by atoms with Crippen LogP contribution in [-0.4, -0.2) is 18.1 Å². The predicted octanol–water partition coefficient (Wildman–Crippen LogP) is 2.32. The van der Waals surface area contributed by atoms with E-state index in [1.807, 2.05) is 0 Å². The molecule has 0 aliphatic heterocycles. The van der Waals surface area contributed by atoms with E-state index in [9.17, 15) is 0 Å². The molecule has 1 aromatic heterocycles. The van der Waals surface area contributed by atoms with E-state index in [2.05, 4.69) is 4.98 Å². The quantitative estimate of drug-likeness (QED) is 0.882. The Morgan fingerprint density at radius 1 is 1.33 bits per heavy atom. The van der Waals surface area contributed by atoms with Crippen molar-refractivity contribution < 1.29 is 11.6 Å². The van der Waals surface area contributed by atoms with E-state index < -0.39 is 23.7 Å². The molecule has 0 radical (unpaired) electrons. The van der Waals surface area contributed by atoms with Crippen LogP contribution in [0, 0.1) is 0 Å². The molecule has 0 aliphatic carbocycles. The van der Waals surface area contributed by atoms with Crippen LogP contribution < -0.4 is 5.73 Å². The van der Waals surface area contributed by atoms with E-state index in [0.717, 1.165) is 0 Å². The Hall–Kier alpha value is -1.71. The van der Waals surface area contributed by atoms with Crippen LogP contribution in [0.4, 0.5) is 0 Å². The Morgan fingerprint density at radius 2 is 2.11 bits per heavy atom. The van der Waals surface area contributed by atoms with Crippen LogP contribution in [-0.2, 0) is 10.3 Å². The van der Waals surface area contributed by atoms with Crippen molar-refractivity contribution in [3.8, 4) is 0 Å². The maximum atomic E-state index is 8.16. The third kappa shape index (κ3) is 2.58. The van der Waals surface area contributed by atoms with Crippen molar-refractivity contribution in [2.75, 3.05) is 13.2 Å². The Balaban J connectivity index is 2.76. The minimum Gasteiger partial charge on any atom is -0.363 e. The normalized spacial score (nSPS) is 18.0. The molecule has 0 fully saturated rings. The highest BCUT2D eigenvalue weighted by Crippen LogP contribution is 2.31. The number of ether oxygens (including phenoxy) is 1. The summed E-state index contributed by atoms with van der Waals surface area (Å²) in [5.74, 6) is 0. The molecule has 2 N–H and O–H groups in total. The minimum absolute atomic E-state index is 0.0515. The van der Waals surface area contributed by atoms with Gasteiger partial charge in [0, 0.05) is 12.7 Å². The largest absolute Gasteiger partial charge is 0.363 e. The van der Waals surface area contributed by atoms with Crippen molar-refractivity contribution in [1.82, 2.24) is 4.98 Å². The second-order valence-corrected chi connectivity index (χ2v) is 3.89. The summed E-state index contributed by atoms with van der Waals surface area (Å²) in [5, 5.41) is 0. The van der Waals surface area contributed by atoms with Crippen LogP contribution in [0.5, 0.6) is 0 Å². The van der Waals surface area contributed by atoms with E-state index >= 15 is 0 Å². The average Bonchev–Trinajstić information content (AvgIpc) is 2.57. The number of aromatic nitrogens is 1. The Morgan fingerprint density at radius 3 is 2.72 bits per heavy atom. The van der Waals surface area contributed by atoms with Gasteiger partial charge in [-0.3, -0.25) is 4.98 Å². The zero-order valence-corrected chi connectivity index (χ0v) is 10.2. The van der Waals surface area contributed by atoms with Gasteiger partial charge in [0.15, 0.2) is 0 Å². The first-order chi connectivity index (χ1) is 10.8. The van der Waals surface area contributed by atoms with Gasteiger partial charge in [-0.15, -0.1) is 0 Å². The lowest BCUT2D eigenvalue weighted by Crippen LogP contribution is -2.30. The Bertz CT molecular complexity index is 682. The zero-order chi connectivity index (χ0) is 17.2. The van der Waals surface area contributed by atoms with Crippen molar-refractivity contribution in [2.45, 2.75) is 12.5 Å². The van der Waals surface area contributed by atoms with Gasteiger partial charge in [0.25, 0.3) is 0 Å². The molecule has 0 spiro atoms. The second kappa shape index (κ2) is 5.76. The van der Waals surface area contributed by atoms with Crippen LogP contribution in [0.1, 0.15) is 25.0 Å².